The third-order valence-electron chi connectivity index (χ3n) is 3.56. The summed E-state index contributed by atoms with van der Waals surface area (Å²) >= 11 is 9.26. The Morgan fingerprint density at radius 2 is 2.25 bits per heavy atom. The minimum atomic E-state index is 0.483. The monoisotopic (exact) mass is 351 g/mol. The maximum atomic E-state index is 5.89. The third-order valence-corrected chi connectivity index (χ3v) is 4.70. The van der Waals surface area contributed by atoms with Gasteiger partial charge in [-0.15, -0.1) is 0 Å². The normalized spacial score (nSPS) is 13.4. The second kappa shape index (κ2) is 5.62. The lowest BCUT2D eigenvalue weighted by atomic mass is 10.1. The highest BCUT2D eigenvalue weighted by molar-refractivity contribution is 9.10. The fourth-order valence-corrected chi connectivity index (χ4v) is 2.90. The topological polar surface area (TPSA) is 28.2 Å². The second-order valence-electron chi connectivity index (χ2n) is 4.98. The average Bonchev–Trinajstić information content (AvgIpc) is 2.81. The SMILES string of the molecule is CN1CCc2cc(CNc3cnc(Cl)c(Br)c3)ccc21. The van der Waals surface area contributed by atoms with Crippen LogP contribution in [-0.2, 0) is 13.0 Å². The van der Waals surface area contributed by atoms with Gasteiger partial charge in [-0.05, 0) is 45.6 Å². The van der Waals surface area contributed by atoms with Crippen molar-refractivity contribution in [1.29, 1.82) is 0 Å². The molecule has 5 heteroatoms. The predicted octanol–water partition coefficient (Wildman–Crippen LogP) is 4.10. The molecule has 20 heavy (non-hydrogen) atoms. The van der Waals surface area contributed by atoms with Crippen LogP contribution in [0.25, 0.3) is 0 Å². The van der Waals surface area contributed by atoms with Crippen molar-refractivity contribution in [3.63, 3.8) is 0 Å². The number of pyridine rings is 1. The van der Waals surface area contributed by atoms with E-state index in [1.807, 2.05) is 6.07 Å². The molecule has 1 aromatic carbocycles. The zero-order chi connectivity index (χ0) is 14.1. The first-order chi connectivity index (χ1) is 9.63. The number of nitrogens with zero attached hydrogens (tertiary/aromatic N) is 2. The number of hydrogen-bond donors (Lipinski definition) is 1. The molecule has 0 bridgehead atoms. The Hall–Kier alpha value is -1.26. The van der Waals surface area contributed by atoms with Gasteiger partial charge in [0.15, 0.2) is 0 Å². The van der Waals surface area contributed by atoms with Crippen molar-refractivity contribution in [3.05, 3.63) is 51.2 Å². The van der Waals surface area contributed by atoms with E-state index < -0.39 is 0 Å². The molecule has 0 unspecified atom stereocenters. The molecule has 3 nitrogen and oxygen atoms in total. The van der Waals surface area contributed by atoms with Crippen LogP contribution >= 0.6 is 27.5 Å². The number of hydrogen-bond acceptors (Lipinski definition) is 3. The Bertz CT molecular complexity index is 645. The molecule has 2 heterocycles. The smallest absolute Gasteiger partial charge is 0.143 e. The van der Waals surface area contributed by atoms with E-state index >= 15 is 0 Å². The van der Waals surface area contributed by atoms with E-state index in [4.69, 9.17) is 11.6 Å². The molecule has 0 spiro atoms. The van der Waals surface area contributed by atoms with Crippen LogP contribution in [0.2, 0.25) is 5.15 Å². The molecule has 2 aromatic rings. The molecule has 0 aliphatic carbocycles. The lowest BCUT2D eigenvalue weighted by Crippen LogP contribution is -2.12. The fourth-order valence-electron chi connectivity index (χ4n) is 2.45. The van der Waals surface area contributed by atoms with E-state index in [1.165, 1.54) is 16.8 Å². The largest absolute Gasteiger partial charge is 0.380 e. The summed E-state index contributed by atoms with van der Waals surface area (Å²) in [4.78, 5) is 6.41. The lowest BCUT2D eigenvalue weighted by Gasteiger charge is -2.12. The highest BCUT2D eigenvalue weighted by Gasteiger charge is 2.15. The van der Waals surface area contributed by atoms with Crippen LogP contribution < -0.4 is 10.2 Å². The van der Waals surface area contributed by atoms with Gasteiger partial charge in [0.2, 0.25) is 0 Å². The van der Waals surface area contributed by atoms with Gasteiger partial charge in [0.25, 0.3) is 0 Å². The molecular formula is C15H15BrClN3. The third kappa shape index (κ3) is 2.76. The summed E-state index contributed by atoms with van der Waals surface area (Å²) in [5, 5.41) is 3.85. The van der Waals surface area contributed by atoms with Crippen molar-refractivity contribution in [2.75, 3.05) is 23.8 Å². The van der Waals surface area contributed by atoms with Gasteiger partial charge in [-0.1, -0.05) is 23.7 Å². The van der Waals surface area contributed by atoms with Gasteiger partial charge in [0, 0.05) is 25.8 Å². The Morgan fingerprint density at radius 3 is 3.05 bits per heavy atom. The van der Waals surface area contributed by atoms with Gasteiger partial charge in [-0.2, -0.15) is 0 Å². The minimum Gasteiger partial charge on any atom is -0.380 e. The molecule has 104 valence electrons. The number of likely N-dealkylation sites (N-methyl/N-ethyl adjacent to an activating group) is 1. The van der Waals surface area contributed by atoms with Gasteiger partial charge >= 0.3 is 0 Å². The Balaban J connectivity index is 1.71. The molecule has 0 amide bonds. The van der Waals surface area contributed by atoms with E-state index in [2.05, 4.69) is 56.4 Å². The highest BCUT2D eigenvalue weighted by Crippen LogP contribution is 2.28. The number of rotatable bonds is 3. The summed E-state index contributed by atoms with van der Waals surface area (Å²) in [7, 11) is 2.14. The number of fused-ring (bicyclic) bond motifs is 1. The van der Waals surface area contributed by atoms with Crippen LogP contribution in [0.4, 0.5) is 11.4 Å². The first-order valence-electron chi connectivity index (χ1n) is 6.51. The Labute approximate surface area is 132 Å². The number of anilines is 2. The van der Waals surface area contributed by atoms with Crippen LogP contribution in [-0.4, -0.2) is 18.6 Å². The average molecular weight is 353 g/mol. The van der Waals surface area contributed by atoms with E-state index in [-0.39, 0.29) is 0 Å². The number of aromatic nitrogens is 1. The van der Waals surface area contributed by atoms with Gasteiger partial charge in [0.05, 0.1) is 16.4 Å². The quantitative estimate of drug-likeness (QED) is 0.843. The lowest BCUT2D eigenvalue weighted by molar-refractivity contribution is 0.955. The maximum Gasteiger partial charge on any atom is 0.143 e. The Kier molecular flexibility index (Phi) is 3.85. The summed E-state index contributed by atoms with van der Waals surface area (Å²) in [6, 6.07) is 8.60. The second-order valence-corrected chi connectivity index (χ2v) is 6.20. The van der Waals surface area contributed by atoms with Crippen LogP contribution in [0.15, 0.2) is 34.9 Å². The summed E-state index contributed by atoms with van der Waals surface area (Å²) in [5.41, 5.74) is 5.02. The first-order valence-corrected chi connectivity index (χ1v) is 7.68. The number of benzene rings is 1. The standard InChI is InChI=1S/C15H15BrClN3/c1-20-5-4-11-6-10(2-3-14(11)20)8-18-12-7-13(16)15(17)19-9-12/h2-3,6-7,9,18H,4-5,8H2,1H3. The van der Waals surface area contributed by atoms with Crippen LogP contribution in [0.1, 0.15) is 11.1 Å². The van der Waals surface area contributed by atoms with Crippen LogP contribution in [0.3, 0.4) is 0 Å². The number of halogens is 2. The van der Waals surface area contributed by atoms with Crippen LogP contribution in [0.5, 0.6) is 0 Å². The van der Waals surface area contributed by atoms with E-state index in [0.29, 0.717) is 5.15 Å². The molecule has 0 fully saturated rings. The maximum absolute atomic E-state index is 5.89. The van der Waals surface area contributed by atoms with E-state index in [0.717, 1.165) is 29.7 Å². The molecule has 1 aromatic heterocycles. The van der Waals surface area contributed by atoms with Gasteiger partial charge in [-0.3, -0.25) is 0 Å². The molecule has 0 saturated carbocycles. The summed E-state index contributed by atoms with van der Waals surface area (Å²) in [6.07, 6.45) is 2.88. The highest BCUT2D eigenvalue weighted by atomic mass is 79.9. The first kappa shape index (κ1) is 13.7. The summed E-state index contributed by atoms with van der Waals surface area (Å²) in [6.45, 7) is 1.90. The Morgan fingerprint density at radius 1 is 1.40 bits per heavy atom. The predicted molar refractivity (Wildman–Crippen MR) is 87.7 cm³/mol. The molecule has 0 saturated heterocycles. The van der Waals surface area contributed by atoms with Crippen molar-refractivity contribution >= 4 is 38.9 Å². The molecular weight excluding hydrogens is 338 g/mol. The van der Waals surface area contributed by atoms with Crippen molar-refractivity contribution < 1.29 is 0 Å². The molecule has 1 N–H and O–H groups in total. The van der Waals surface area contributed by atoms with Gasteiger partial charge in [0.1, 0.15) is 5.15 Å². The molecule has 1 aliphatic rings. The molecule has 0 radical (unpaired) electrons. The minimum absolute atomic E-state index is 0.483. The van der Waals surface area contributed by atoms with Crippen LogP contribution in [0, 0.1) is 0 Å². The van der Waals surface area contributed by atoms with Gasteiger partial charge < -0.3 is 10.2 Å². The summed E-state index contributed by atoms with van der Waals surface area (Å²) in [5.74, 6) is 0. The van der Waals surface area contributed by atoms with E-state index in [9.17, 15) is 0 Å². The van der Waals surface area contributed by atoms with Crippen molar-refractivity contribution in [2.45, 2.75) is 13.0 Å². The van der Waals surface area contributed by atoms with Crippen molar-refractivity contribution in [3.8, 4) is 0 Å². The van der Waals surface area contributed by atoms with Gasteiger partial charge in [-0.25, -0.2) is 4.98 Å². The number of nitrogens with one attached hydrogen (secondary N) is 1. The summed E-state index contributed by atoms with van der Waals surface area (Å²) < 4.78 is 0.805. The van der Waals surface area contributed by atoms with Crippen molar-refractivity contribution in [1.82, 2.24) is 4.98 Å². The van der Waals surface area contributed by atoms with Crippen molar-refractivity contribution in [2.24, 2.45) is 0 Å². The zero-order valence-corrected chi connectivity index (χ0v) is 13.5. The fraction of sp³-hybridized carbons (Fsp3) is 0.267. The molecule has 0 atom stereocenters. The van der Waals surface area contributed by atoms with E-state index in [1.54, 1.807) is 6.20 Å². The molecule has 3 rings (SSSR count). The zero-order valence-electron chi connectivity index (χ0n) is 11.2. The molecule has 1 aliphatic heterocycles.